The Kier molecular flexibility index (Phi) is 67.1. The lowest BCUT2D eigenvalue weighted by Crippen LogP contribution is -2.43. The highest BCUT2D eigenvalue weighted by molar-refractivity contribution is 5.80. The fourth-order valence-electron chi connectivity index (χ4n) is 10.5. The van der Waals surface area contributed by atoms with Gasteiger partial charge in [0.15, 0.2) is 0 Å². The van der Waals surface area contributed by atoms with Crippen LogP contribution in [-0.2, 0) is 57.5 Å². The van der Waals surface area contributed by atoms with Crippen molar-refractivity contribution in [3.8, 4) is 0 Å². The molecule has 108 heavy (non-hydrogen) atoms. The number of carbonyl (C=O) groups is 12. The summed E-state index contributed by atoms with van der Waals surface area (Å²) in [5, 5.41) is 59.1. The van der Waals surface area contributed by atoms with Gasteiger partial charge in [0, 0.05) is 326 Å². The van der Waals surface area contributed by atoms with Crippen LogP contribution in [-0.4, -0.2) is 405 Å². The molecule has 0 fully saturated rings. The summed E-state index contributed by atoms with van der Waals surface area (Å²) in [4.78, 5) is 169. The molecule has 0 aliphatic carbocycles. The monoisotopic (exact) mass is 1540 g/mol. The summed E-state index contributed by atoms with van der Waals surface area (Å²) in [5.74, 6) is -2.17. The van der Waals surface area contributed by atoms with Crippen molar-refractivity contribution >= 4 is 70.9 Å². The maximum Gasteiger partial charge on any atom is 0.221 e. The minimum atomic E-state index is -0.269. The van der Waals surface area contributed by atoms with Gasteiger partial charge >= 0.3 is 0 Å². The molecule has 38 heteroatoms. The molecule has 0 unspecified atom stereocenters. The summed E-state index contributed by atoms with van der Waals surface area (Å²) >= 11 is 0. The number of nitrogens with zero attached hydrogens (tertiary/aromatic N) is 6. The van der Waals surface area contributed by atoms with Crippen LogP contribution in [0.15, 0.2) is 0 Å². The standard InChI is InChI=1S/C70H144N26O12/c1-71-21-29-79-59(97)9-41-91(42-10-60(98)80-30-22-72-2)53-37-87-67(105)17-49-95(50-18-68(106)88-38-54-92(43-11-61(99)81-31-23-73-3)44-12-62(100)82-32-24-74-4)57-58-96(51-19-69(107)89-39-55-93(45-13-63(101)83-33-25-75-5)46-14-64(102)84-34-26-76-6)52-20-70(108)90-40-56-94(47-15-65(103)85-35-27-77-7)48-16-66(104)86-36-28-78-8/h71-78H,9-58H2,1-8H3,(H,79,97)(H,80,98)(H,81,99)(H,82,100)(H,83,101)(H,84,102)(H,85,103)(H,86,104)(H,87,105)(H,88,106)(H,89,107)(H,90,108). The minimum absolute atomic E-state index is 0.0340. The average molecular weight is 1540 g/mol. The zero-order valence-corrected chi connectivity index (χ0v) is 66.9. The van der Waals surface area contributed by atoms with Crippen LogP contribution in [0.3, 0.4) is 0 Å². The first-order valence-electron chi connectivity index (χ1n) is 39.0. The van der Waals surface area contributed by atoms with Crippen molar-refractivity contribution < 1.29 is 57.5 Å². The Bertz CT molecular complexity index is 2010. The Hall–Kier alpha value is -6.92. The third kappa shape index (κ3) is 64.0. The van der Waals surface area contributed by atoms with Gasteiger partial charge in [-0.05, 0) is 56.4 Å². The molecule has 12 amide bonds. The summed E-state index contributed by atoms with van der Waals surface area (Å²) < 4.78 is 0. The molecule has 0 bridgehead atoms. The van der Waals surface area contributed by atoms with E-state index in [4.69, 9.17) is 0 Å². The largest absolute Gasteiger partial charge is 0.355 e. The van der Waals surface area contributed by atoms with Gasteiger partial charge in [-0.25, -0.2) is 0 Å². The quantitative estimate of drug-likeness (QED) is 0.0251. The molecule has 0 atom stereocenters. The van der Waals surface area contributed by atoms with Gasteiger partial charge in [-0.15, -0.1) is 0 Å². The minimum Gasteiger partial charge on any atom is -0.355 e. The summed E-state index contributed by atoms with van der Waals surface area (Å²) in [6.45, 7) is 15.2. The molecule has 20 N–H and O–H groups in total. The number of amides is 12. The van der Waals surface area contributed by atoms with E-state index in [0.29, 0.717) is 196 Å². The molecule has 0 aliphatic heterocycles. The topological polar surface area (TPSA) is 465 Å². The third-order valence-corrected chi connectivity index (χ3v) is 17.2. The van der Waals surface area contributed by atoms with Crippen LogP contribution in [0.25, 0.3) is 0 Å². The molecule has 0 radical (unpaired) electrons. The Morgan fingerprint density at radius 1 is 0.139 bits per heavy atom. The number of rotatable bonds is 75. The first kappa shape index (κ1) is 101. The number of likely N-dealkylation sites (N-methyl/N-ethyl adjacent to an activating group) is 8. The highest BCUT2D eigenvalue weighted by Crippen LogP contribution is 2.05. The summed E-state index contributed by atoms with van der Waals surface area (Å²) in [7, 11) is 14.4. The Morgan fingerprint density at radius 3 is 0.352 bits per heavy atom. The van der Waals surface area contributed by atoms with E-state index in [9.17, 15) is 57.5 Å². The van der Waals surface area contributed by atoms with E-state index in [2.05, 4.69) is 106 Å². The van der Waals surface area contributed by atoms with Gasteiger partial charge in [0.1, 0.15) is 0 Å². The fraction of sp³-hybridized carbons (Fsp3) is 0.829. The van der Waals surface area contributed by atoms with E-state index in [-0.39, 0.29) is 200 Å². The van der Waals surface area contributed by atoms with E-state index in [1.54, 1.807) is 56.4 Å². The average Bonchev–Trinajstić information content (AvgIpc) is 0.890. The van der Waals surface area contributed by atoms with Crippen LogP contribution >= 0.6 is 0 Å². The second-order valence-corrected chi connectivity index (χ2v) is 26.1. The number of nitrogens with one attached hydrogen (secondary N) is 20. The lowest BCUT2D eigenvalue weighted by molar-refractivity contribution is -0.123. The zero-order chi connectivity index (χ0) is 79.9. The number of hydrogen-bond donors (Lipinski definition) is 20. The molecule has 0 saturated carbocycles. The van der Waals surface area contributed by atoms with Gasteiger partial charge in [-0.3, -0.25) is 57.5 Å². The Balaban J connectivity index is 6.97. The third-order valence-electron chi connectivity index (χ3n) is 17.2. The maximum atomic E-state index is 13.8. The predicted octanol–water partition coefficient (Wildman–Crippen LogP) is -9.37. The van der Waals surface area contributed by atoms with E-state index in [1.165, 1.54) is 0 Å². The van der Waals surface area contributed by atoms with Gasteiger partial charge < -0.3 is 136 Å². The normalized spacial score (nSPS) is 11.3. The van der Waals surface area contributed by atoms with Crippen molar-refractivity contribution in [2.75, 3.05) is 305 Å². The molecule has 0 spiro atoms. The van der Waals surface area contributed by atoms with E-state index in [0.717, 1.165) is 0 Å². The van der Waals surface area contributed by atoms with Crippen molar-refractivity contribution in [3.05, 3.63) is 0 Å². The van der Waals surface area contributed by atoms with Crippen LogP contribution in [0, 0.1) is 0 Å². The zero-order valence-electron chi connectivity index (χ0n) is 66.9. The van der Waals surface area contributed by atoms with Crippen molar-refractivity contribution in [1.29, 1.82) is 0 Å². The van der Waals surface area contributed by atoms with Gasteiger partial charge in [-0.2, -0.15) is 0 Å². The summed E-state index contributed by atoms with van der Waals surface area (Å²) in [5.41, 5.74) is 0. The number of hydrogen-bond acceptors (Lipinski definition) is 26. The van der Waals surface area contributed by atoms with E-state index in [1.807, 2.05) is 29.4 Å². The van der Waals surface area contributed by atoms with Crippen molar-refractivity contribution in [2.24, 2.45) is 0 Å². The fourth-order valence-corrected chi connectivity index (χ4v) is 10.5. The molecule has 0 aromatic carbocycles. The molecule has 0 aliphatic rings. The second-order valence-electron chi connectivity index (χ2n) is 26.1. The van der Waals surface area contributed by atoms with Gasteiger partial charge in [0.2, 0.25) is 70.9 Å². The molecular formula is C70H144N26O12. The molecule has 0 heterocycles. The van der Waals surface area contributed by atoms with Gasteiger partial charge in [0.05, 0.1) is 0 Å². The van der Waals surface area contributed by atoms with Crippen LogP contribution in [0.1, 0.15) is 77.0 Å². The van der Waals surface area contributed by atoms with Crippen LogP contribution < -0.4 is 106 Å². The van der Waals surface area contributed by atoms with E-state index >= 15 is 0 Å². The molecular weight excluding hydrogens is 1400 g/mol. The van der Waals surface area contributed by atoms with Crippen molar-refractivity contribution in [2.45, 2.75) is 77.0 Å². The smallest absolute Gasteiger partial charge is 0.221 e. The highest BCUT2D eigenvalue weighted by Gasteiger charge is 2.20. The molecule has 38 nitrogen and oxygen atoms in total. The van der Waals surface area contributed by atoms with E-state index < -0.39 is 0 Å². The van der Waals surface area contributed by atoms with Crippen LogP contribution in [0.4, 0.5) is 0 Å². The van der Waals surface area contributed by atoms with Gasteiger partial charge in [0.25, 0.3) is 0 Å². The molecule has 0 rings (SSSR count). The number of carbonyl (C=O) groups excluding carboxylic acids is 12. The Labute approximate surface area is 643 Å². The lowest BCUT2D eigenvalue weighted by Gasteiger charge is -2.28. The van der Waals surface area contributed by atoms with Crippen molar-refractivity contribution in [1.82, 2.24) is 136 Å². The first-order valence-corrected chi connectivity index (χ1v) is 39.0. The first-order chi connectivity index (χ1) is 52.2. The van der Waals surface area contributed by atoms with Crippen molar-refractivity contribution in [3.63, 3.8) is 0 Å². The molecule has 626 valence electrons. The molecule has 0 saturated heterocycles. The molecule has 0 aromatic heterocycles. The van der Waals surface area contributed by atoms with Crippen LogP contribution in [0.5, 0.6) is 0 Å². The van der Waals surface area contributed by atoms with Gasteiger partial charge in [-0.1, -0.05) is 0 Å². The SMILES string of the molecule is CNCCNC(=O)CCN(CCNC(=O)CCN(CCC(=O)NCCN(CCC(=O)NCCNC)CCC(=O)NCCNC)CCN(CCC(=O)NCCN(CCC(=O)NCCNC)CCC(=O)NCCNC)CCC(=O)NCCN(CCC(=O)NCCNC)CCC(=O)NCCNC)CCC(=O)NCCNC. The van der Waals surface area contributed by atoms with Crippen LogP contribution in [0.2, 0.25) is 0 Å². The summed E-state index contributed by atoms with van der Waals surface area (Å²) in [6.07, 6.45) is 1.67. The highest BCUT2D eigenvalue weighted by atomic mass is 16.2. The summed E-state index contributed by atoms with van der Waals surface area (Å²) in [6, 6.07) is 0. The predicted molar refractivity (Wildman–Crippen MR) is 422 cm³/mol. The maximum absolute atomic E-state index is 13.8. The molecule has 0 aromatic rings. The lowest BCUT2D eigenvalue weighted by atomic mass is 10.2. The second kappa shape index (κ2) is 71.7. The Morgan fingerprint density at radius 2 is 0.241 bits per heavy atom.